The highest BCUT2D eigenvalue weighted by Gasteiger charge is 2.14. The number of hydrogen-bond acceptors (Lipinski definition) is 3. The first-order chi connectivity index (χ1) is 7.10. The topological polar surface area (TPSA) is 35.5 Å². The van der Waals surface area contributed by atoms with E-state index in [1.807, 2.05) is 0 Å². The van der Waals surface area contributed by atoms with Crippen molar-refractivity contribution in [2.24, 2.45) is 0 Å². The molecule has 3 nitrogen and oxygen atoms in total. The number of rotatable bonds is 3. The fraction of sp³-hybridized carbons (Fsp3) is 0.300. The van der Waals surface area contributed by atoms with Crippen molar-refractivity contribution in [1.29, 1.82) is 0 Å². The minimum atomic E-state index is -0.329. The Hall–Kier alpha value is -0.300. The molecular weight excluding hydrogens is 375 g/mol. The van der Waals surface area contributed by atoms with E-state index in [1.165, 1.54) is 0 Å². The van der Waals surface area contributed by atoms with E-state index in [-0.39, 0.29) is 5.97 Å². The van der Waals surface area contributed by atoms with Gasteiger partial charge in [0.1, 0.15) is 5.75 Å². The summed E-state index contributed by atoms with van der Waals surface area (Å²) in [6.45, 7) is 2.15. The van der Waals surface area contributed by atoms with Crippen LogP contribution in [0, 0.1) is 3.57 Å². The third-order valence-electron chi connectivity index (χ3n) is 1.74. The number of carbonyl (C=O) groups excluding carboxylic acids is 1. The van der Waals surface area contributed by atoms with E-state index in [9.17, 15) is 4.79 Å². The molecule has 0 aliphatic carbocycles. The summed E-state index contributed by atoms with van der Waals surface area (Å²) in [6, 6.07) is 3.50. The molecule has 0 unspecified atom stereocenters. The predicted molar refractivity (Wildman–Crippen MR) is 69.4 cm³/mol. The standard InChI is InChI=1S/C10H10BrIO3/c1-3-15-10(13)6-4-8(12)9(14-2)5-7(6)11/h4-5H,3H2,1-2H3. The van der Waals surface area contributed by atoms with Crippen LogP contribution in [0.4, 0.5) is 0 Å². The lowest BCUT2D eigenvalue weighted by Crippen LogP contribution is -2.06. The quantitative estimate of drug-likeness (QED) is 0.592. The molecule has 1 rings (SSSR count). The van der Waals surface area contributed by atoms with E-state index in [0.717, 1.165) is 9.32 Å². The van der Waals surface area contributed by atoms with Gasteiger partial charge >= 0.3 is 5.97 Å². The molecule has 0 bridgehead atoms. The molecule has 0 spiro atoms. The van der Waals surface area contributed by atoms with Crippen LogP contribution in [-0.4, -0.2) is 19.7 Å². The first-order valence-corrected chi connectivity index (χ1v) is 6.17. The molecule has 0 aliphatic heterocycles. The predicted octanol–water partition coefficient (Wildman–Crippen LogP) is 3.24. The molecule has 0 heterocycles. The maximum atomic E-state index is 11.5. The Labute approximate surface area is 110 Å². The van der Waals surface area contributed by atoms with Gasteiger partial charge in [-0.05, 0) is 57.6 Å². The van der Waals surface area contributed by atoms with Gasteiger partial charge in [0.05, 0.1) is 22.9 Å². The third kappa shape index (κ3) is 3.07. The second-order valence-corrected chi connectivity index (χ2v) is 4.70. The van der Waals surface area contributed by atoms with Crippen LogP contribution < -0.4 is 4.74 Å². The zero-order chi connectivity index (χ0) is 11.4. The number of esters is 1. The van der Waals surface area contributed by atoms with Crippen LogP contribution in [-0.2, 0) is 4.74 Å². The van der Waals surface area contributed by atoms with E-state index < -0.39 is 0 Å². The van der Waals surface area contributed by atoms with Gasteiger partial charge in [-0.25, -0.2) is 4.79 Å². The van der Waals surface area contributed by atoms with Crippen molar-refractivity contribution in [2.75, 3.05) is 13.7 Å². The molecule has 0 aromatic heterocycles. The van der Waals surface area contributed by atoms with Crippen LogP contribution >= 0.6 is 38.5 Å². The summed E-state index contributed by atoms with van der Waals surface area (Å²) >= 11 is 5.42. The zero-order valence-corrected chi connectivity index (χ0v) is 12.1. The summed E-state index contributed by atoms with van der Waals surface area (Å²) in [5.41, 5.74) is 0.516. The lowest BCUT2D eigenvalue weighted by Gasteiger charge is -2.08. The maximum Gasteiger partial charge on any atom is 0.339 e. The van der Waals surface area contributed by atoms with Crippen molar-refractivity contribution in [3.05, 3.63) is 25.7 Å². The fourth-order valence-electron chi connectivity index (χ4n) is 1.05. The molecule has 0 amide bonds. The molecule has 5 heteroatoms. The monoisotopic (exact) mass is 384 g/mol. The normalized spacial score (nSPS) is 9.87. The summed E-state index contributed by atoms with van der Waals surface area (Å²) in [5.74, 6) is 0.403. The van der Waals surface area contributed by atoms with E-state index in [0.29, 0.717) is 16.6 Å². The molecule has 0 saturated heterocycles. The molecule has 1 aromatic carbocycles. The van der Waals surface area contributed by atoms with Crippen LogP contribution in [0.1, 0.15) is 17.3 Å². The molecule has 1 aromatic rings. The third-order valence-corrected chi connectivity index (χ3v) is 3.24. The highest BCUT2D eigenvalue weighted by Crippen LogP contribution is 2.29. The highest BCUT2D eigenvalue weighted by molar-refractivity contribution is 14.1. The lowest BCUT2D eigenvalue weighted by atomic mass is 10.2. The van der Waals surface area contributed by atoms with Gasteiger partial charge in [0.25, 0.3) is 0 Å². The number of ether oxygens (including phenoxy) is 2. The number of benzene rings is 1. The van der Waals surface area contributed by atoms with Crippen LogP contribution in [0.25, 0.3) is 0 Å². The van der Waals surface area contributed by atoms with Gasteiger partial charge in [-0.2, -0.15) is 0 Å². The van der Waals surface area contributed by atoms with Crippen molar-refractivity contribution in [3.63, 3.8) is 0 Å². The van der Waals surface area contributed by atoms with Crippen molar-refractivity contribution in [1.82, 2.24) is 0 Å². The van der Waals surface area contributed by atoms with Crippen LogP contribution in [0.15, 0.2) is 16.6 Å². The van der Waals surface area contributed by atoms with Crippen molar-refractivity contribution in [3.8, 4) is 5.75 Å². The average molecular weight is 385 g/mol. The summed E-state index contributed by atoms with van der Waals surface area (Å²) < 4.78 is 11.6. The summed E-state index contributed by atoms with van der Waals surface area (Å²) in [4.78, 5) is 11.5. The Morgan fingerprint density at radius 2 is 2.20 bits per heavy atom. The largest absolute Gasteiger partial charge is 0.496 e. The SMILES string of the molecule is CCOC(=O)c1cc(I)c(OC)cc1Br. The number of halogens is 2. The van der Waals surface area contributed by atoms with Gasteiger partial charge in [0.15, 0.2) is 0 Å². The number of hydrogen-bond donors (Lipinski definition) is 0. The second kappa shape index (κ2) is 5.69. The molecule has 15 heavy (non-hydrogen) atoms. The van der Waals surface area contributed by atoms with Gasteiger partial charge in [-0.3, -0.25) is 0 Å². The van der Waals surface area contributed by atoms with E-state index in [1.54, 1.807) is 26.2 Å². The van der Waals surface area contributed by atoms with E-state index >= 15 is 0 Å². The molecule has 0 fully saturated rings. The molecule has 82 valence electrons. The first-order valence-electron chi connectivity index (χ1n) is 4.30. The van der Waals surface area contributed by atoms with Crippen molar-refractivity contribution >= 4 is 44.5 Å². The number of methoxy groups -OCH3 is 1. The minimum absolute atomic E-state index is 0.329. The Morgan fingerprint density at radius 1 is 1.53 bits per heavy atom. The van der Waals surface area contributed by atoms with Gasteiger partial charge in [0.2, 0.25) is 0 Å². The summed E-state index contributed by atoms with van der Waals surface area (Å²) in [7, 11) is 1.59. The molecule has 0 aliphatic rings. The molecule has 0 N–H and O–H groups in total. The highest BCUT2D eigenvalue weighted by atomic mass is 127. The second-order valence-electron chi connectivity index (χ2n) is 2.69. The molecule has 0 atom stereocenters. The Kier molecular flexibility index (Phi) is 4.85. The zero-order valence-electron chi connectivity index (χ0n) is 8.34. The fourth-order valence-corrected chi connectivity index (χ4v) is 2.22. The van der Waals surface area contributed by atoms with Gasteiger partial charge in [-0.1, -0.05) is 0 Å². The average Bonchev–Trinajstić information content (AvgIpc) is 2.21. The van der Waals surface area contributed by atoms with Crippen LogP contribution in [0.5, 0.6) is 5.75 Å². The summed E-state index contributed by atoms with van der Waals surface area (Å²) in [6.07, 6.45) is 0. The van der Waals surface area contributed by atoms with Crippen LogP contribution in [0.3, 0.4) is 0 Å². The smallest absolute Gasteiger partial charge is 0.339 e. The molecular formula is C10H10BrIO3. The van der Waals surface area contributed by atoms with E-state index in [4.69, 9.17) is 9.47 Å². The minimum Gasteiger partial charge on any atom is -0.496 e. The molecule has 0 radical (unpaired) electrons. The lowest BCUT2D eigenvalue weighted by molar-refractivity contribution is 0.0525. The van der Waals surface area contributed by atoms with Crippen LogP contribution in [0.2, 0.25) is 0 Å². The van der Waals surface area contributed by atoms with Crippen molar-refractivity contribution < 1.29 is 14.3 Å². The van der Waals surface area contributed by atoms with Crippen molar-refractivity contribution in [2.45, 2.75) is 6.92 Å². The summed E-state index contributed by atoms with van der Waals surface area (Å²) in [5, 5.41) is 0. The Balaban J connectivity index is 3.10. The Bertz CT molecular complexity index is 379. The number of carbonyl (C=O) groups is 1. The maximum absolute atomic E-state index is 11.5. The van der Waals surface area contributed by atoms with E-state index in [2.05, 4.69) is 38.5 Å². The van der Waals surface area contributed by atoms with Gasteiger partial charge < -0.3 is 9.47 Å². The van der Waals surface area contributed by atoms with Gasteiger partial charge in [-0.15, -0.1) is 0 Å². The molecule has 0 saturated carbocycles. The Morgan fingerprint density at radius 3 is 2.73 bits per heavy atom. The van der Waals surface area contributed by atoms with Gasteiger partial charge in [0, 0.05) is 4.47 Å². The first kappa shape index (κ1) is 12.8.